The first kappa shape index (κ1) is 27.9. The van der Waals surface area contributed by atoms with Gasteiger partial charge >= 0.3 is 0 Å². The molecule has 0 saturated heterocycles. The molecule has 2 aromatic carbocycles. The van der Waals surface area contributed by atoms with Crippen molar-refractivity contribution >= 4 is 45.7 Å². The molecule has 6 N–H and O–H groups in total. The van der Waals surface area contributed by atoms with Gasteiger partial charge in [-0.2, -0.15) is 0 Å². The molecule has 0 bridgehead atoms. The number of amides is 1. The Balaban J connectivity index is 1.27. The van der Waals surface area contributed by atoms with Gasteiger partial charge in [-0.25, -0.2) is 4.98 Å². The van der Waals surface area contributed by atoms with Crippen LogP contribution in [0.2, 0.25) is 0 Å². The highest BCUT2D eigenvalue weighted by atomic mass is 32.1. The Morgan fingerprint density at radius 2 is 1.76 bits per heavy atom. The third kappa shape index (κ3) is 5.93. The Bertz CT molecular complexity index is 1830. The summed E-state index contributed by atoms with van der Waals surface area (Å²) in [5.74, 6) is 1.65. The van der Waals surface area contributed by atoms with Gasteiger partial charge in [-0.15, -0.1) is 0 Å². The van der Waals surface area contributed by atoms with E-state index in [1.807, 2.05) is 49.6 Å². The topological polar surface area (TPSA) is 145 Å². The molecule has 11 nitrogen and oxygen atoms in total. The number of methoxy groups -OCH3 is 2. The number of benzene rings is 2. The standard InChI is InChI=1S/C29H32N8O3S/c1-31-8-9-32-26-7-6-19(16-34-26)17-4-5-18-13-23(35-21(18)12-17)28(38)33-10-11-37-27(30)20-14-24(39-2)25(40-3)15-22(20)36-29(37)41/h4-7,12-16,30-31,35H,8-11H2,1-3H3,(H,32,34)(H,33,38)(H,36,41). The number of pyridine rings is 1. The van der Waals surface area contributed by atoms with E-state index in [0.29, 0.717) is 39.4 Å². The minimum absolute atomic E-state index is 0.216. The van der Waals surface area contributed by atoms with Gasteiger partial charge in [0.1, 0.15) is 17.0 Å². The van der Waals surface area contributed by atoms with E-state index in [9.17, 15) is 4.79 Å². The summed E-state index contributed by atoms with van der Waals surface area (Å²) in [5, 5.41) is 19.5. The van der Waals surface area contributed by atoms with Crippen molar-refractivity contribution in [2.24, 2.45) is 0 Å². The molecule has 5 aromatic rings. The Morgan fingerprint density at radius 3 is 2.49 bits per heavy atom. The van der Waals surface area contributed by atoms with Gasteiger partial charge < -0.3 is 40.0 Å². The van der Waals surface area contributed by atoms with Crippen LogP contribution in [0, 0.1) is 10.2 Å². The van der Waals surface area contributed by atoms with E-state index in [-0.39, 0.29) is 17.9 Å². The maximum atomic E-state index is 13.0. The summed E-state index contributed by atoms with van der Waals surface area (Å²) in [7, 11) is 5.02. The minimum Gasteiger partial charge on any atom is -0.493 e. The molecule has 0 unspecified atom stereocenters. The maximum Gasteiger partial charge on any atom is 0.267 e. The first-order valence-corrected chi connectivity index (χ1v) is 13.5. The van der Waals surface area contributed by atoms with Crippen molar-refractivity contribution in [2.45, 2.75) is 6.54 Å². The predicted molar refractivity (Wildman–Crippen MR) is 162 cm³/mol. The number of fused-ring (bicyclic) bond motifs is 2. The number of carbonyl (C=O) groups is 1. The zero-order chi connectivity index (χ0) is 28.9. The van der Waals surface area contributed by atoms with Crippen molar-refractivity contribution < 1.29 is 14.3 Å². The number of aromatic amines is 2. The highest BCUT2D eigenvalue weighted by Gasteiger charge is 2.13. The fourth-order valence-electron chi connectivity index (χ4n) is 4.61. The molecule has 41 heavy (non-hydrogen) atoms. The molecule has 0 saturated carbocycles. The second-order valence-corrected chi connectivity index (χ2v) is 9.77. The number of hydrogen-bond acceptors (Lipinski definition) is 8. The molecule has 3 aromatic heterocycles. The lowest BCUT2D eigenvalue weighted by Crippen LogP contribution is -2.32. The fourth-order valence-corrected chi connectivity index (χ4v) is 4.90. The van der Waals surface area contributed by atoms with Crippen molar-refractivity contribution in [3.63, 3.8) is 0 Å². The summed E-state index contributed by atoms with van der Waals surface area (Å²) in [6.07, 6.45) is 1.84. The van der Waals surface area contributed by atoms with E-state index in [1.165, 1.54) is 0 Å². The zero-order valence-corrected chi connectivity index (χ0v) is 23.9. The molecule has 5 rings (SSSR count). The third-order valence-electron chi connectivity index (χ3n) is 6.80. The molecule has 0 fully saturated rings. The van der Waals surface area contributed by atoms with Crippen LogP contribution in [0.3, 0.4) is 0 Å². The number of anilines is 1. The average Bonchev–Trinajstić information content (AvgIpc) is 3.42. The van der Waals surface area contributed by atoms with Gasteiger partial charge in [0.2, 0.25) is 0 Å². The number of hydrogen-bond donors (Lipinski definition) is 6. The van der Waals surface area contributed by atoms with E-state index in [2.05, 4.69) is 30.9 Å². The molecule has 0 aliphatic heterocycles. The van der Waals surface area contributed by atoms with E-state index < -0.39 is 0 Å². The highest BCUT2D eigenvalue weighted by molar-refractivity contribution is 7.71. The average molecular weight is 573 g/mol. The summed E-state index contributed by atoms with van der Waals surface area (Å²) in [4.78, 5) is 23.8. The Morgan fingerprint density at radius 1 is 0.976 bits per heavy atom. The van der Waals surface area contributed by atoms with E-state index in [0.717, 1.165) is 40.9 Å². The van der Waals surface area contributed by atoms with E-state index in [4.69, 9.17) is 27.1 Å². The van der Waals surface area contributed by atoms with Crippen LogP contribution in [0.5, 0.6) is 11.5 Å². The number of rotatable bonds is 11. The molecular weight excluding hydrogens is 540 g/mol. The Kier molecular flexibility index (Phi) is 8.31. The van der Waals surface area contributed by atoms with Crippen LogP contribution in [-0.4, -0.2) is 66.3 Å². The molecule has 0 radical (unpaired) electrons. The van der Waals surface area contributed by atoms with Crippen LogP contribution in [0.1, 0.15) is 10.5 Å². The quantitative estimate of drug-likeness (QED) is 0.104. The van der Waals surface area contributed by atoms with E-state index >= 15 is 0 Å². The molecule has 0 atom stereocenters. The molecule has 0 spiro atoms. The van der Waals surface area contributed by atoms with E-state index in [1.54, 1.807) is 30.9 Å². The second kappa shape index (κ2) is 12.2. The molecule has 0 aliphatic rings. The highest BCUT2D eigenvalue weighted by Crippen LogP contribution is 2.30. The third-order valence-corrected chi connectivity index (χ3v) is 7.12. The van der Waals surface area contributed by atoms with Crippen molar-refractivity contribution in [1.29, 1.82) is 5.41 Å². The second-order valence-electron chi connectivity index (χ2n) is 9.39. The van der Waals surface area contributed by atoms with Crippen LogP contribution in [0.25, 0.3) is 32.9 Å². The Hall–Kier alpha value is -4.68. The SMILES string of the molecule is CNCCNc1ccc(-c2ccc3cc(C(=O)NCCn4c(=S)[nH]c5cc(OC)c(OC)cc5c4=N)[nH]c3c2)cn1. The minimum atomic E-state index is -0.240. The molecule has 0 aliphatic carbocycles. The van der Waals surface area contributed by atoms with Gasteiger partial charge in [-0.05, 0) is 55.2 Å². The molecule has 212 valence electrons. The molecular formula is C29H32N8O3S. The van der Waals surface area contributed by atoms with Crippen molar-refractivity contribution in [2.75, 3.05) is 46.2 Å². The van der Waals surface area contributed by atoms with Crippen LogP contribution in [0.15, 0.2) is 54.7 Å². The van der Waals surface area contributed by atoms with Gasteiger partial charge in [0.15, 0.2) is 16.3 Å². The number of ether oxygens (including phenoxy) is 2. The maximum absolute atomic E-state index is 13.0. The number of nitrogens with one attached hydrogen (secondary N) is 6. The summed E-state index contributed by atoms with van der Waals surface area (Å²) < 4.78 is 12.7. The number of likely N-dealkylation sites (N-methyl/N-ethyl adjacent to an activating group) is 1. The van der Waals surface area contributed by atoms with Crippen molar-refractivity contribution in [3.05, 3.63) is 70.7 Å². The van der Waals surface area contributed by atoms with Gasteiger partial charge in [-0.1, -0.05) is 12.1 Å². The molecule has 3 heterocycles. The monoisotopic (exact) mass is 572 g/mol. The predicted octanol–water partition coefficient (Wildman–Crippen LogP) is 3.80. The van der Waals surface area contributed by atoms with Gasteiger partial charge in [0.05, 0.1) is 19.7 Å². The number of aromatic nitrogens is 4. The number of carbonyl (C=O) groups excluding carboxylic acids is 1. The summed E-state index contributed by atoms with van der Waals surface area (Å²) in [5.41, 5.74) is 4.18. The lowest BCUT2D eigenvalue weighted by molar-refractivity contribution is 0.0948. The first-order valence-electron chi connectivity index (χ1n) is 13.1. The van der Waals surface area contributed by atoms with Crippen molar-refractivity contribution in [1.82, 2.24) is 30.2 Å². The number of H-pyrrole nitrogens is 2. The summed E-state index contributed by atoms with van der Waals surface area (Å²) in [6, 6.07) is 15.3. The smallest absolute Gasteiger partial charge is 0.267 e. The van der Waals surface area contributed by atoms with Crippen LogP contribution < -0.4 is 30.9 Å². The summed E-state index contributed by atoms with van der Waals surface area (Å²) >= 11 is 5.49. The van der Waals surface area contributed by atoms with Gasteiger partial charge in [0.25, 0.3) is 5.91 Å². The van der Waals surface area contributed by atoms with Crippen LogP contribution in [0.4, 0.5) is 5.82 Å². The van der Waals surface area contributed by atoms with Crippen LogP contribution >= 0.6 is 12.2 Å². The normalized spacial score (nSPS) is 11.1. The lowest BCUT2D eigenvalue weighted by Gasteiger charge is -2.13. The first-order chi connectivity index (χ1) is 19.9. The zero-order valence-electron chi connectivity index (χ0n) is 23.1. The molecule has 12 heteroatoms. The Labute approximate surface area is 241 Å². The summed E-state index contributed by atoms with van der Waals surface area (Å²) in [6.45, 7) is 2.26. The fraction of sp³-hybridized carbons (Fsp3) is 0.241. The van der Waals surface area contributed by atoms with Crippen LogP contribution in [-0.2, 0) is 6.54 Å². The molecule has 1 amide bonds. The lowest BCUT2D eigenvalue weighted by atomic mass is 10.1. The largest absolute Gasteiger partial charge is 0.493 e. The van der Waals surface area contributed by atoms with Gasteiger partial charge in [0, 0.05) is 60.3 Å². The van der Waals surface area contributed by atoms with Gasteiger partial charge in [-0.3, -0.25) is 10.2 Å². The van der Waals surface area contributed by atoms with Crippen molar-refractivity contribution in [3.8, 4) is 22.6 Å². The number of nitrogens with zero attached hydrogens (tertiary/aromatic N) is 2.